The molecule has 9 heteroatoms. The van der Waals surface area contributed by atoms with Crippen molar-refractivity contribution in [1.29, 1.82) is 0 Å². The average molecular weight is 375 g/mol. The summed E-state index contributed by atoms with van der Waals surface area (Å²) in [5.41, 5.74) is 1.01. The van der Waals surface area contributed by atoms with Gasteiger partial charge in [-0.1, -0.05) is 30.8 Å². The number of amidine groups is 1. The van der Waals surface area contributed by atoms with Gasteiger partial charge in [-0.3, -0.25) is 19.8 Å². The number of amides is 1. The third-order valence-corrected chi connectivity index (χ3v) is 5.64. The lowest BCUT2D eigenvalue weighted by Crippen LogP contribution is -2.40. The SMILES string of the molecule is CC[C@H]1SC2=NC(C)=C(C(=O)OC)[C@@H](c3cccc([N+](=O)[O-])c3)N2C1=O. The molecule has 0 spiro atoms. The minimum atomic E-state index is -0.800. The number of ether oxygens (including phenoxy) is 1. The lowest BCUT2D eigenvalue weighted by Gasteiger charge is -2.32. The van der Waals surface area contributed by atoms with Crippen molar-refractivity contribution in [3.63, 3.8) is 0 Å². The molecule has 0 N–H and O–H groups in total. The zero-order valence-electron chi connectivity index (χ0n) is 14.5. The first-order valence-electron chi connectivity index (χ1n) is 8.00. The smallest absolute Gasteiger partial charge is 0.338 e. The van der Waals surface area contributed by atoms with Crippen molar-refractivity contribution >= 4 is 34.5 Å². The first-order chi connectivity index (χ1) is 12.4. The summed E-state index contributed by atoms with van der Waals surface area (Å²) in [7, 11) is 1.25. The van der Waals surface area contributed by atoms with E-state index >= 15 is 0 Å². The van der Waals surface area contributed by atoms with E-state index in [2.05, 4.69) is 4.99 Å². The van der Waals surface area contributed by atoms with E-state index in [1.165, 1.54) is 42.0 Å². The molecule has 1 aromatic carbocycles. The Bertz CT molecular complexity index is 864. The number of hydrogen-bond donors (Lipinski definition) is 0. The van der Waals surface area contributed by atoms with Crippen LogP contribution in [0.15, 0.2) is 40.5 Å². The van der Waals surface area contributed by atoms with E-state index in [1.54, 1.807) is 13.0 Å². The Balaban J connectivity index is 2.18. The number of benzene rings is 1. The number of nitro benzene ring substituents is 1. The minimum absolute atomic E-state index is 0.111. The number of rotatable bonds is 4. The highest BCUT2D eigenvalue weighted by Crippen LogP contribution is 2.44. The predicted octanol–water partition coefficient (Wildman–Crippen LogP) is 2.81. The normalized spacial score (nSPS) is 22.2. The fraction of sp³-hybridized carbons (Fsp3) is 0.353. The number of carbonyl (C=O) groups excluding carboxylic acids is 2. The Labute approximate surface area is 154 Å². The molecule has 3 rings (SSSR count). The largest absolute Gasteiger partial charge is 0.466 e. The lowest BCUT2D eigenvalue weighted by molar-refractivity contribution is -0.384. The number of methoxy groups -OCH3 is 1. The maximum absolute atomic E-state index is 12.9. The predicted molar refractivity (Wildman–Crippen MR) is 96.5 cm³/mol. The number of thioether (sulfide) groups is 1. The van der Waals surface area contributed by atoms with Gasteiger partial charge in [0.05, 0.1) is 34.6 Å². The molecule has 1 saturated heterocycles. The van der Waals surface area contributed by atoms with Gasteiger partial charge in [-0.2, -0.15) is 0 Å². The number of aliphatic imine (C=N–C) groups is 1. The Kier molecular flexibility index (Phi) is 4.82. The van der Waals surface area contributed by atoms with Crippen LogP contribution in [-0.4, -0.2) is 39.2 Å². The zero-order valence-corrected chi connectivity index (χ0v) is 15.3. The van der Waals surface area contributed by atoms with Gasteiger partial charge in [-0.25, -0.2) is 9.79 Å². The molecule has 2 atom stereocenters. The molecule has 1 amide bonds. The summed E-state index contributed by atoms with van der Waals surface area (Å²) < 4.78 is 4.88. The van der Waals surface area contributed by atoms with Crippen LogP contribution in [0.4, 0.5) is 5.69 Å². The van der Waals surface area contributed by atoms with Gasteiger partial charge in [0.1, 0.15) is 0 Å². The van der Waals surface area contributed by atoms with E-state index in [9.17, 15) is 19.7 Å². The van der Waals surface area contributed by atoms with E-state index in [4.69, 9.17) is 4.74 Å². The molecule has 26 heavy (non-hydrogen) atoms. The summed E-state index contributed by atoms with van der Waals surface area (Å²) in [5.74, 6) is -0.777. The molecule has 0 unspecified atom stereocenters. The second-order valence-electron chi connectivity index (χ2n) is 5.86. The summed E-state index contributed by atoms with van der Waals surface area (Å²) in [5, 5.41) is 11.4. The Hall–Kier alpha value is -2.68. The summed E-state index contributed by atoms with van der Waals surface area (Å²) >= 11 is 1.34. The van der Waals surface area contributed by atoms with Gasteiger partial charge in [-0.05, 0) is 18.9 Å². The van der Waals surface area contributed by atoms with E-state index < -0.39 is 16.9 Å². The molecule has 0 radical (unpaired) electrons. The second kappa shape index (κ2) is 6.91. The highest BCUT2D eigenvalue weighted by Gasteiger charge is 2.47. The number of fused-ring (bicyclic) bond motifs is 1. The van der Waals surface area contributed by atoms with Gasteiger partial charge >= 0.3 is 5.97 Å². The average Bonchev–Trinajstić information content (AvgIpc) is 2.95. The molecule has 136 valence electrons. The van der Waals surface area contributed by atoms with Crippen molar-refractivity contribution < 1.29 is 19.2 Å². The molecule has 0 aliphatic carbocycles. The number of hydrogen-bond acceptors (Lipinski definition) is 7. The minimum Gasteiger partial charge on any atom is -0.466 e. The van der Waals surface area contributed by atoms with Crippen LogP contribution in [0.1, 0.15) is 31.9 Å². The molecule has 0 saturated carbocycles. The topological polar surface area (TPSA) is 102 Å². The van der Waals surface area contributed by atoms with Crippen LogP contribution < -0.4 is 0 Å². The quantitative estimate of drug-likeness (QED) is 0.455. The van der Waals surface area contributed by atoms with Crippen molar-refractivity contribution in [3.8, 4) is 0 Å². The van der Waals surface area contributed by atoms with E-state index in [-0.39, 0.29) is 22.4 Å². The maximum Gasteiger partial charge on any atom is 0.338 e. The first-order valence-corrected chi connectivity index (χ1v) is 8.88. The van der Waals surface area contributed by atoms with Crippen molar-refractivity contribution in [2.75, 3.05) is 7.11 Å². The lowest BCUT2D eigenvalue weighted by atomic mass is 9.94. The molecular formula is C17H17N3O5S. The van der Waals surface area contributed by atoms with E-state index in [0.717, 1.165) is 0 Å². The first kappa shape index (κ1) is 18.1. The third-order valence-electron chi connectivity index (χ3n) is 4.32. The monoisotopic (exact) mass is 375 g/mol. The van der Waals surface area contributed by atoms with Gasteiger partial charge in [0.15, 0.2) is 5.17 Å². The summed E-state index contributed by atoms with van der Waals surface area (Å²) in [6.45, 7) is 3.57. The number of carbonyl (C=O) groups is 2. The maximum atomic E-state index is 12.9. The van der Waals surface area contributed by atoms with Gasteiger partial charge in [-0.15, -0.1) is 0 Å². The highest BCUT2D eigenvalue weighted by molar-refractivity contribution is 8.15. The molecule has 2 heterocycles. The summed E-state index contributed by atoms with van der Waals surface area (Å²) in [4.78, 5) is 41.8. The van der Waals surface area contributed by atoms with Gasteiger partial charge in [0.25, 0.3) is 5.69 Å². The number of nitrogens with zero attached hydrogens (tertiary/aromatic N) is 3. The summed E-state index contributed by atoms with van der Waals surface area (Å²) in [6.07, 6.45) is 0.618. The van der Waals surface area contributed by atoms with E-state index in [0.29, 0.717) is 22.8 Å². The highest BCUT2D eigenvalue weighted by atomic mass is 32.2. The second-order valence-corrected chi connectivity index (χ2v) is 7.03. The molecule has 8 nitrogen and oxygen atoms in total. The zero-order chi connectivity index (χ0) is 19.0. The summed E-state index contributed by atoms with van der Waals surface area (Å²) in [6, 6.07) is 5.14. The van der Waals surface area contributed by atoms with Crippen molar-refractivity contribution in [2.45, 2.75) is 31.6 Å². The molecule has 0 aromatic heterocycles. The van der Waals surface area contributed by atoms with Crippen LogP contribution in [0.2, 0.25) is 0 Å². The Morgan fingerprint density at radius 3 is 2.81 bits per heavy atom. The van der Waals surface area contributed by atoms with E-state index in [1.807, 2.05) is 6.92 Å². The Morgan fingerprint density at radius 1 is 1.46 bits per heavy atom. The number of nitro groups is 1. The molecule has 1 fully saturated rings. The van der Waals surface area contributed by atoms with Crippen LogP contribution in [0.3, 0.4) is 0 Å². The van der Waals surface area contributed by atoms with Crippen LogP contribution in [0.5, 0.6) is 0 Å². The van der Waals surface area contributed by atoms with Crippen molar-refractivity contribution in [1.82, 2.24) is 4.90 Å². The third kappa shape index (κ3) is 2.88. The van der Waals surface area contributed by atoms with Crippen molar-refractivity contribution in [2.24, 2.45) is 4.99 Å². The van der Waals surface area contributed by atoms with Crippen LogP contribution in [0, 0.1) is 10.1 Å². The fourth-order valence-corrected chi connectivity index (χ4v) is 4.22. The molecule has 1 aromatic rings. The Morgan fingerprint density at radius 2 is 2.19 bits per heavy atom. The molecule has 0 bridgehead atoms. The fourth-order valence-electron chi connectivity index (χ4n) is 3.08. The van der Waals surface area contributed by atoms with Crippen molar-refractivity contribution in [3.05, 3.63) is 51.2 Å². The number of esters is 1. The number of non-ortho nitro benzene ring substituents is 1. The molecular weight excluding hydrogens is 358 g/mol. The van der Waals surface area contributed by atoms with Gasteiger partial charge < -0.3 is 4.74 Å². The standard InChI is InChI=1S/C17H17N3O5S/c1-4-12-15(21)19-14(10-6-5-7-11(8-10)20(23)24)13(16(22)25-3)9(2)18-17(19)26-12/h5-8,12,14H,4H2,1-3H3/t12-,14-/m1/s1. The molecule has 2 aliphatic heterocycles. The van der Waals surface area contributed by atoms with Crippen LogP contribution >= 0.6 is 11.8 Å². The van der Waals surface area contributed by atoms with Crippen LogP contribution in [-0.2, 0) is 14.3 Å². The van der Waals surface area contributed by atoms with Crippen LogP contribution in [0.25, 0.3) is 0 Å². The molecule has 2 aliphatic rings. The number of allylic oxidation sites excluding steroid dienone is 1. The van der Waals surface area contributed by atoms with Gasteiger partial charge in [0, 0.05) is 12.1 Å². The van der Waals surface area contributed by atoms with Gasteiger partial charge in [0.2, 0.25) is 5.91 Å².